The molecule has 1 aromatic heterocycles. The van der Waals surface area contributed by atoms with Gasteiger partial charge in [-0.15, -0.1) is 0 Å². The Bertz CT molecular complexity index is 1430. The highest BCUT2D eigenvalue weighted by Crippen LogP contribution is 2.63. The average Bonchev–Trinajstić information content (AvgIpc) is 3.61. The minimum absolute atomic E-state index is 0.0211. The second-order valence-corrected chi connectivity index (χ2v) is 12.8. The van der Waals surface area contributed by atoms with Crippen LogP contribution in [0.3, 0.4) is 0 Å². The van der Waals surface area contributed by atoms with Gasteiger partial charge in [0.25, 0.3) is 0 Å². The van der Waals surface area contributed by atoms with Crippen LogP contribution in [0.25, 0.3) is 6.08 Å². The van der Waals surface area contributed by atoms with E-state index in [1.54, 1.807) is 18.6 Å². The third-order valence-electron chi connectivity index (χ3n) is 10.2. The van der Waals surface area contributed by atoms with Crippen LogP contribution >= 0.6 is 0 Å². The third-order valence-corrected chi connectivity index (χ3v) is 10.2. The number of hydrogen-bond donors (Lipinski definition) is 1. The van der Waals surface area contributed by atoms with E-state index >= 15 is 0 Å². The van der Waals surface area contributed by atoms with E-state index in [1.807, 2.05) is 24.3 Å². The Labute approximate surface area is 242 Å². The molecule has 2 fully saturated rings. The Morgan fingerprint density at radius 2 is 2.02 bits per heavy atom. The van der Waals surface area contributed by atoms with Crippen LogP contribution in [-0.4, -0.2) is 58.6 Å². The summed E-state index contributed by atoms with van der Waals surface area (Å²) in [7, 11) is 0. The first-order valence-electron chi connectivity index (χ1n) is 15.3. The zero-order valence-electron chi connectivity index (χ0n) is 24.0. The fourth-order valence-electron chi connectivity index (χ4n) is 8.54. The lowest BCUT2D eigenvalue weighted by atomic mass is 9.50. The van der Waals surface area contributed by atoms with Gasteiger partial charge in [0.2, 0.25) is 5.91 Å². The molecule has 1 spiro atoms. The molecule has 3 heterocycles. The Morgan fingerprint density at radius 1 is 1.17 bits per heavy atom. The van der Waals surface area contributed by atoms with Crippen molar-refractivity contribution < 1.29 is 19.1 Å². The van der Waals surface area contributed by atoms with Gasteiger partial charge in [-0.05, 0) is 80.3 Å². The van der Waals surface area contributed by atoms with E-state index in [-0.39, 0.29) is 23.5 Å². The van der Waals surface area contributed by atoms with Gasteiger partial charge in [0.1, 0.15) is 17.6 Å². The van der Waals surface area contributed by atoms with Gasteiger partial charge in [0.05, 0.1) is 18.6 Å². The summed E-state index contributed by atoms with van der Waals surface area (Å²) in [5, 5.41) is 11.1. The molecule has 7 rings (SSSR count). The van der Waals surface area contributed by atoms with Gasteiger partial charge in [0.15, 0.2) is 0 Å². The van der Waals surface area contributed by atoms with Crippen molar-refractivity contribution in [2.75, 3.05) is 19.6 Å². The number of likely N-dealkylation sites (tertiary alicyclic amines) is 1. The number of hydrogen-bond acceptors (Lipinski definition) is 5. The van der Waals surface area contributed by atoms with E-state index in [9.17, 15) is 9.90 Å². The average molecular weight is 553 g/mol. The molecule has 5 atom stereocenters. The van der Waals surface area contributed by atoms with Crippen molar-refractivity contribution in [2.45, 2.75) is 69.6 Å². The van der Waals surface area contributed by atoms with Gasteiger partial charge < -0.3 is 19.2 Å². The first-order chi connectivity index (χ1) is 20.0. The second kappa shape index (κ2) is 10.4. The molecule has 6 heteroatoms. The minimum atomic E-state index is -0.178. The molecule has 6 nitrogen and oxygen atoms in total. The van der Waals surface area contributed by atoms with E-state index in [4.69, 9.17) is 9.15 Å². The summed E-state index contributed by atoms with van der Waals surface area (Å²) in [5.41, 5.74) is 4.38. The largest absolute Gasteiger partial charge is 0.508 e. The molecule has 0 unspecified atom stereocenters. The van der Waals surface area contributed by atoms with Crippen molar-refractivity contribution in [1.82, 2.24) is 9.80 Å². The zero-order chi connectivity index (χ0) is 28.1. The van der Waals surface area contributed by atoms with E-state index in [1.165, 1.54) is 11.1 Å². The van der Waals surface area contributed by atoms with Crippen molar-refractivity contribution in [1.29, 1.82) is 0 Å². The van der Waals surface area contributed by atoms with Crippen molar-refractivity contribution >= 4 is 12.0 Å². The predicted octanol–water partition coefficient (Wildman–Crippen LogP) is 5.83. The maximum absolute atomic E-state index is 13.8. The number of aromatic hydroxyl groups is 1. The van der Waals surface area contributed by atoms with Gasteiger partial charge in [0, 0.05) is 47.3 Å². The number of carbonyl (C=O) groups excluding carboxylic acids is 1. The van der Waals surface area contributed by atoms with Gasteiger partial charge in [-0.2, -0.15) is 0 Å². The van der Waals surface area contributed by atoms with Crippen LogP contribution in [0.1, 0.15) is 55.4 Å². The number of ether oxygens (including phenoxy) is 1. The predicted molar refractivity (Wildman–Crippen MR) is 159 cm³/mol. The van der Waals surface area contributed by atoms with Gasteiger partial charge in [-0.25, -0.2) is 0 Å². The van der Waals surface area contributed by atoms with Crippen molar-refractivity contribution in [3.63, 3.8) is 0 Å². The monoisotopic (exact) mass is 552 g/mol. The second-order valence-electron chi connectivity index (χ2n) is 12.8. The van der Waals surface area contributed by atoms with Crippen LogP contribution in [0.15, 0.2) is 71.6 Å². The molecule has 1 amide bonds. The first kappa shape index (κ1) is 26.4. The lowest BCUT2D eigenvalue weighted by Crippen LogP contribution is -2.69. The number of carbonyl (C=O) groups is 1. The van der Waals surface area contributed by atoms with Gasteiger partial charge >= 0.3 is 0 Å². The zero-order valence-corrected chi connectivity index (χ0v) is 24.0. The summed E-state index contributed by atoms with van der Waals surface area (Å²) in [6.45, 7) is 7.05. The smallest absolute Gasteiger partial charge is 0.246 e. The topological polar surface area (TPSA) is 66.2 Å². The summed E-state index contributed by atoms with van der Waals surface area (Å²) >= 11 is 0. The molecule has 3 aromatic rings. The van der Waals surface area contributed by atoms with E-state index < -0.39 is 0 Å². The lowest BCUT2D eigenvalue weighted by molar-refractivity contribution is -0.138. The standard InChI is InChI=1S/C35H40N2O4/c1-23(2)21-37(32(39)13-8-25-15-19-40-22-25)28-10-9-27-29-20-26-30(38)11-12-31-33(26)35(27,34(28)41-31)16-18-36(29)17-14-24-6-4-3-5-7-24/h3-8,11-13,15,19,22-23,27-29,34,38H,9-10,14,16-18,20-21H2,1-2H3/b13-8+/t27-,28+,29+,34-,35-/m0/s1. The van der Waals surface area contributed by atoms with E-state index in [0.29, 0.717) is 30.2 Å². The highest BCUT2D eigenvalue weighted by atomic mass is 16.5. The first-order valence-corrected chi connectivity index (χ1v) is 15.3. The molecule has 1 saturated heterocycles. The highest BCUT2D eigenvalue weighted by molar-refractivity contribution is 5.92. The molecule has 0 radical (unpaired) electrons. The highest BCUT2D eigenvalue weighted by Gasteiger charge is 2.66. The van der Waals surface area contributed by atoms with Gasteiger partial charge in [-0.1, -0.05) is 44.2 Å². The van der Waals surface area contributed by atoms with Crippen LogP contribution in [0.2, 0.25) is 0 Å². The number of furan rings is 1. The SMILES string of the molecule is CC(C)CN(C(=O)/C=C/c1ccoc1)[C@@H]1CC[C@H]2[C@H]3Cc4c(O)ccc5c4[C@@]2(CCN3CCc2ccccc2)[C@H]1O5. The van der Waals surface area contributed by atoms with Crippen LogP contribution in [-0.2, 0) is 23.1 Å². The molecular formula is C35H40N2O4. The molecule has 2 aliphatic carbocycles. The third kappa shape index (κ3) is 4.39. The number of nitrogens with zero attached hydrogens (tertiary/aromatic N) is 2. The summed E-state index contributed by atoms with van der Waals surface area (Å²) < 4.78 is 12.1. The molecule has 1 saturated carbocycles. The number of phenols is 1. The molecule has 2 aliphatic heterocycles. The summed E-state index contributed by atoms with van der Waals surface area (Å²) in [6.07, 6.45) is 11.5. The number of piperidine rings is 1. The number of amides is 1. The maximum Gasteiger partial charge on any atom is 0.246 e. The molecule has 1 N–H and O–H groups in total. The molecule has 41 heavy (non-hydrogen) atoms. The Morgan fingerprint density at radius 3 is 2.80 bits per heavy atom. The Balaban J connectivity index is 1.23. The summed E-state index contributed by atoms with van der Waals surface area (Å²) in [6, 6.07) is 16.7. The van der Waals surface area contributed by atoms with Crippen LogP contribution < -0.4 is 4.74 Å². The van der Waals surface area contributed by atoms with Crippen LogP contribution in [0.5, 0.6) is 11.5 Å². The van der Waals surface area contributed by atoms with Crippen molar-refractivity contribution in [3.8, 4) is 11.5 Å². The Kier molecular flexibility index (Phi) is 6.69. The number of phenolic OH excluding ortho intramolecular Hbond substituents is 1. The normalized spacial score (nSPS) is 28.1. The summed E-state index contributed by atoms with van der Waals surface area (Å²) in [5.74, 6) is 2.11. The van der Waals surface area contributed by atoms with Crippen molar-refractivity contribution in [3.05, 3.63) is 89.4 Å². The minimum Gasteiger partial charge on any atom is -0.508 e. The molecule has 4 aliphatic rings. The molecule has 2 bridgehead atoms. The maximum atomic E-state index is 13.8. The fourth-order valence-corrected chi connectivity index (χ4v) is 8.54. The Hall–Kier alpha value is -3.51. The fraction of sp³-hybridized carbons (Fsp3) is 0.457. The molecule has 214 valence electrons. The quantitative estimate of drug-likeness (QED) is 0.356. The van der Waals surface area contributed by atoms with Crippen LogP contribution in [0, 0.1) is 11.8 Å². The molecule has 2 aromatic carbocycles. The van der Waals surface area contributed by atoms with Crippen molar-refractivity contribution in [2.24, 2.45) is 11.8 Å². The van der Waals surface area contributed by atoms with Gasteiger partial charge in [-0.3, -0.25) is 9.69 Å². The number of rotatable bonds is 8. The van der Waals surface area contributed by atoms with Crippen LogP contribution in [0.4, 0.5) is 0 Å². The van der Waals surface area contributed by atoms with E-state index in [0.717, 1.165) is 62.1 Å². The van der Waals surface area contributed by atoms with E-state index in [2.05, 4.69) is 54.0 Å². The number of benzene rings is 2. The summed E-state index contributed by atoms with van der Waals surface area (Å²) in [4.78, 5) is 18.6. The lowest BCUT2D eigenvalue weighted by Gasteiger charge is -2.60. The molecular weight excluding hydrogens is 512 g/mol.